The summed E-state index contributed by atoms with van der Waals surface area (Å²) in [6.07, 6.45) is -3.42. The van der Waals surface area contributed by atoms with Gasteiger partial charge in [-0.2, -0.15) is 4.57 Å². The molecule has 1 unspecified atom stereocenters. The molecule has 6 aromatic carbocycles. The van der Waals surface area contributed by atoms with Gasteiger partial charge in [0.05, 0.1) is 0 Å². The molecule has 24 heteroatoms. The van der Waals surface area contributed by atoms with E-state index in [1.54, 1.807) is 6.26 Å². The first-order valence-corrected chi connectivity index (χ1v) is 19.0. The molecule has 7 aromatic rings. The number of rotatable bonds is 7. The molecule has 340 valence electrons. The second-order valence-electron chi connectivity index (χ2n) is 13.6. The van der Waals surface area contributed by atoms with Gasteiger partial charge in [-0.1, -0.05) is 24.3 Å². The fourth-order valence-corrected chi connectivity index (χ4v) is 7.74. The zero-order valence-corrected chi connectivity index (χ0v) is 32.3. The van der Waals surface area contributed by atoms with Crippen molar-refractivity contribution >= 4 is 49.7 Å². The van der Waals surface area contributed by atoms with Crippen LogP contribution in [0.15, 0.2) is 71.8 Å². The average Bonchev–Trinajstić information content (AvgIpc) is 3.29. The van der Waals surface area contributed by atoms with E-state index >= 15 is 35.1 Å². The predicted molar refractivity (Wildman–Crippen MR) is 191 cm³/mol. The van der Waals surface area contributed by atoms with E-state index in [9.17, 15) is 56.9 Å². The summed E-state index contributed by atoms with van der Waals surface area (Å²) in [5, 5.41) is 1.24. The van der Waals surface area contributed by atoms with Crippen molar-refractivity contribution in [1.29, 1.82) is 0 Å². The molecule has 2 nitrogen and oxygen atoms in total. The molecule has 0 spiro atoms. The van der Waals surface area contributed by atoms with Crippen LogP contribution in [-0.2, 0) is 17.3 Å². The molecule has 0 saturated heterocycles. The Balaban J connectivity index is 0.000000289. The molecule has 0 bridgehead atoms. The standard InChI is InChI=1S/C24BF20.C17H16NOS/c26-5-1(6(27)14(35)21(42)13(5)34)25(2-7(28)15(36)22(43)16(37)8(2)29,3-9(30)17(38)23(44)18(39)10(3)31)4-11(32)19(40)24(45)20(41)12(4)33;1-20(19)16-10-8-14(9-11-16)13-18-12-4-6-15-5-2-3-7-17(15)18/h;2-12H,13H2,1H3/q-1;+1. The van der Waals surface area contributed by atoms with Crippen LogP contribution in [0.4, 0.5) is 87.8 Å². The van der Waals surface area contributed by atoms with E-state index in [4.69, 9.17) is 0 Å². The third kappa shape index (κ3) is 7.63. The maximum atomic E-state index is 15.4. The quantitative estimate of drug-likeness (QED) is 0.0515. The van der Waals surface area contributed by atoms with E-state index in [1.807, 2.05) is 24.3 Å². The maximum absolute atomic E-state index is 15.4. The van der Waals surface area contributed by atoms with E-state index in [2.05, 4.69) is 47.2 Å². The zero-order chi connectivity index (χ0) is 48.3. The summed E-state index contributed by atoms with van der Waals surface area (Å²) in [6, 6.07) is 20.5. The molecular weight excluding hydrogens is 945 g/mol. The van der Waals surface area contributed by atoms with Crippen molar-refractivity contribution in [1.82, 2.24) is 0 Å². The number of nitrogens with zero attached hydrogens (tertiary/aromatic N) is 1. The van der Waals surface area contributed by atoms with Gasteiger partial charge in [-0.15, -0.1) is 21.9 Å². The second-order valence-corrected chi connectivity index (χ2v) is 15.0. The van der Waals surface area contributed by atoms with Gasteiger partial charge in [0.2, 0.25) is 5.52 Å². The number of para-hydroxylation sites is 1. The lowest BCUT2D eigenvalue weighted by Crippen LogP contribution is -2.81. The summed E-state index contributed by atoms with van der Waals surface area (Å²) >= 11 is 0. The second kappa shape index (κ2) is 17.8. The highest BCUT2D eigenvalue weighted by atomic mass is 32.2. The lowest BCUT2D eigenvalue weighted by Gasteiger charge is -2.44. The monoisotopic (exact) mass is 961 g/mol. The smallest absolute Gasteiger partial charge is 0.212 e. The molecule has 0 aliphatic carbocycles. The zero-order valence-electron chi connectivity index (χ0n) is 31.5. The Morgan fingerprint density at radius 1 is 0.385 bits per heavy atom. The van der Waals surface area contributed by atoms with Gasteiger partial charge < -0.3 is 0 Å². The van der Waals surface area contributed by atoms with Crippen molar-refractivity contribution < 1.29 is 96.6 Å². The molecule has 0 aliphatic rings. The van der Waals surface area contributed by atoms with Crippen LogP contribution in [-0.4, -0.2) is 16.6 Å². The van der Waals surface area contributed by atoms with Crippen LogP contribution in [0.2, 0.25) is 0 Å². The van der Waals surface area contributed by atoms with Gasteiger partial charge in [0.25, 0.3) is 0 Å². The van der Waals surface area contributed by atoms with Gasteiger partial charge in [-0.25, -0.2) is 87.8 Å². The first-order chi connectivity index (χ1) is 30.4. The van der Waals surface area contributed by atoms with Gasteiger partial charge >= 0.3 is 0 Å². The molecule has 65 heavy (non-hydrogen) atoms. The molecular formula is C41H16BF20NOS. The van der Waals surface area contributed by atoms with E-state index in [0.29, 0.717) is 0 Å². The Labute approximate surface area is 352 Å². The third-order valence-electron chi connectivity index (χ3n) is 10.1. The minimum absolute atomic E-state index is 0.817. The summed E-state index contributed by atoms with van der Waals surface area (Å²) in [7, 11) is -0.913. The minimum atomic E-state index is -7.22. The van der Waals surface area contributed by atoms with Gasteiger partial charge in [-0.05, 0) is 24.3 Å². The Morgan fingerprint density at radius 3 is 0.969 bits per heavy atom. The lowest BCUT2D eigenvalue weighted by molar-refractivity contribution is -0.662. The SMILES string of the molecule is CS(=O)c1ccc(C[n+]2cccc3ccccc32)cc1.Fc1c(F)c(F)c([B-](c2c(F)c(F)c(F)c(F)c2F)(c2c(F)c(F)c(F)c(F)c2F)c2c(F)c(F)c(F)c(F)c2F)c(F)c1F. The molecule has 0 aliphatic heterocycles. The third-order valence-corrected chi connectivity index (χ3v) is 11.0. The fourth-order valence-electron chi connectivity index (χ4n) is 7.22. The van der Waals surface area contributed by atoms with Crippen molar-refractivity contribution in [2.45, 2.75) is 11.4 Å². The van der Waals surface area contributed by atoms with Crippen molar-refractivity contribution in [3.05, 3.63) is 189 Å². The first kappa shape index (κ1) is 48.0. The van der Waals surface area contributed by atoms with Crippen molar-refractivity contribution in [3.63, 3.8) is 0 Å². The highest BCUT2D eigenvalue weighted by Gasteiger charge is 2.52. The first-order valence-electron chi connectivity index (χ1n) is 17.5. The van der Waals surface area contributed by atoms with Gasteiger partial charge in [0.15, 0.2) is 82.5 Å². The Morgan fingerprint density at radius 2 is 0.662 bits per heavy atom. The molecule has 0 fully saturated rings. The summed E-state index contributed by atoms with van der Waals surface area (Å²) in [4.78, 5) is 0.872. The number of hydrogen-bond donors (Lipinski definition) is 0. The Kier molecular flexibility index (Phi) is 13.2. The summed E-state index contributed by atoms with van der Waals surface area (Å²) in [5.41, 5.74) is -11.9. The minimum Gasteiger partial charge on any atom is -0.255 e. The topological polar surface area (TPSA) is 20.9 Å². The number of halogens is 20. The molecule has 0 saturated carbocycles. The van der Waals surface area contributed by atoms with Gasteiger partial charge in [-0.3, -0.25) is 4.21 Å². The summed E-state index contributed by atoms with van der Waals surface area (Å²) in [5.74, 6) is -71.4. The van der Waals surface area contributed by atoms with E-state index in [0.717, 1.165) is 11.4 Å². The van der Waals surface area contributed by atoms with Crippen LogP contribution in [0.25, 0.3) is 10.9 Å². The maximum Gasteiger partial charge on any atom is 0.212 e. The van der Waals surface area contributed by atoms with Crippen LogP contribution in [0.3, 0.4) is 0 Å². The normalized spacial score (nSPS) is 12.1. The highest BCUT2D eigenvalue weighted by molar-refractivity contribution is 7.84. The van der Waals surface area contributed by atoms with E-state index in [-0.39, 0.29) is 0 Å². The number of aromatic nitrogens is 1. The van der Waals surface area contributed by atoms with Crippen molar-refractivity contribution in [2.24, 2.45) is 0 Å². The average molecular weight is 961 g/mol. The van der Waals surface area contributed by atoms with E-state index < -0.39 is 155 Å². The van der Waals surface area contributed by atoms with Crippen LogP contribution < -0.4 is 26.4 Å². The molecule has 7 rings (SSSR count). The van der Waals surface area contributed by atoms with Gasteiger partial charge in [0.1, 0.15) is 52.7 Å². The molecule has 0 radical (unpaired) electrons. The van der Waals surface area contributed by atoms with E-state index in [1.165, 1.54) is 16.5 Å². The molecule has 1 atom stereocenters. The molecule has 1 heterocycles. The Hall–Kier alpha value is -6.46. The molecule has 0 N–H and O–H groups in total. The van der Waals surface area contributed by atoms with Crippen molar-refractivity contribution in [2.75, 3.05) is 6.26 Å². The molecule has 1 aromatic heterocycles. The van der Waals surface area contributed by atoms with Crippen molar-refractivity contribution in [3.8, 4) is 0 Å². The van der Waals surface area contributed by atoms with Crippen LogP contribution >= 0.6 is 0 Å². The molecule has 0 amide bonds. The number of benzene rings is 6. The van der Waals surface area contributed by atoms with Crippen LogP contribution in [0.1, 0.15) is 5.56 Å². The van der Waals surface area contributed by atoms with Crippen LogP contribution in [0.5, 0.6) is 0 Å². The summed E-state index contributed by atoms with van der Waals surface area (Å²) in [6.45, 7) is 0.817. The van der Waals surface area contributed by atoms with Crippen LogP contribution in [0, 0.1) is 116 Å². The summed E-state index contributed by atoms with van der Waals surface area (Å²) < 4.78 is 308. The number of hydrogen-bond acceptors (Lipinski definition) is 1. The lowest BCUT2D eigenvalue weighted by atomic mass is 9.12. The van der Waals surface area contributed by atoms with Gasteiger partial charge in [0, 0.05) is 45.0 Å². The number of fused-ring (bicyclic) bond motifs is 1. The Bertz CT molecular complexity index is 2730. The predicted octanol–water partition coefficient (Wildman–Crippen LogP) is 8.76. The largest absolute Gasteiger partial charge is 0.255 e. The fraction of sp³-hybridized carbons (Fsp3) is 0.0488. The number of pyridine rings is 1. The highest BCUT2D eigenvalue weighted by Crippen LogP contribution is 2.31.